The summed E-state index contributed by atoms with van der Waals surface area (Å²) in [6.07, 6.45) is 25.9. The minimum atomic E-state index is -0.345. The van der Waals surface area contributed by atoms with Crippen LogP contribution in [0.1, 0.15) is 149 Å². The Labute approximate surface area is 284 Å². The van der Waals surface area contributed by atoms with E-state index < -0.39 is 0 Å². The van der Waals surface area contributed by atoms with Gasteiger partial charge in [0, 0.05) is 19.8 Å². The summed E-state index contributed by atoms with van der Waals surface area (Å²) >= 11 is 0. The molecule has 0 aliphatic carbocycles. The van der Waals surface area contributed by atoms with Crippen LogP contribution in [-0.4, -0.2) is 103 Å². The van der Waals surface area contributed by atoms with Crippen molar-refractivity contribution in [2.24, 2.45) is 0 Å². The van der Waals surface area contributed by atoms with E-state index in [1.165, 1.54) is 116 Å². The minimum Gasteiger partial charge on any atom is -0.463 e. The van der Waals surface area contributed by atoms with Gasteiger partial charge in [0.15, 0.2) is 0 Å². The Morgan fingerprint density at radius 3 is 1.54 bits per heavy atom. The summed E-state index contributed by atoms with van der Waals surface area (Å²) in [5.41, 5.74) is 0. The molecule has 8 nitrogen and oxygen atoms in total. The molecule has 0 saturated carbocycles. The van der Waals surface area contributed by atoms with Crippen molar-refractivity contribution in [3.8, 4) is 0 Å². The summed E-state index contributed by atoms with van der Waals surface area (Å²) in [5, 5.41) is 0. The molecule has 0 bridgehead atoms. The monoisotopic (exact) mass is 658 g/mol. The molecule has 3 atom stereocenters. The van der Waals surface area contributed by atoms with Crippen molar-refractivity contribution in [2.75, 3.05) is 73.5 Å². The average molecular weight is 658 g/mol. The molecule has 0 aromatic carbocycles. The second-order valence-electron chi connectivity index (χ2n) is 13.4. The van der Waals surface area contributed by atoms with Gasteiger partial charge in [0.25, 0.3) is 0 Å². The molecule has 0 amide bonds. The van der Waals surface area contributed by atoms with Gasteiger partial charge < -0.3 is 33.3 Å². The van der Waals surface area contributed by atoms with Crippen LogP contribution in [0.15, 0.2) is 0 Å². The number of carbonyl (C=O) groups excluding carboxylic acids is 1. The topological polar surface area (TPSA) is 75.7 Å². The Kier molecular flexibility index (Phi) is 30.8. The summed E-state index contributed by atoms with van der Waals surface area (Å²) in [5.74, 6) is -0.222. The normalized spacial score (nSPS) is 18.2. The maximum Gasteiger partial charge on any atom is 0.307 e. The molecule has 1 aliphatic rings. The summed E-state index contributed by atoms with van der Waals surface area (Å²) in [4.78, 5) is 14.2. The number of ether oxygens (including phenoxy) is 6. The first-order valence-corrected chi connectivity index (χ1v) is 19.4. The second-order valence-corrected chi connectivity index (χ2v) is 13.4. The number of esters is 1. The van der Waals surface area contributed by atoms with Crippen LogP contribution < -0.4 is 0 Å². The van der Waals surface area contributed by atoms with Crippen molar-refractivity contribution >= 4 is 5.97 Å². The van der Waals surface area contributed by atoms with Gasteiger partial charge in [0.1, 0.15) is 24.9 Å². The third-order valence-electron chi connectivity index (χ3n) is 8.76. The molecule has 0 spiro atoms. The van der Waals surface area contributed by atoms with E-state index in [9.17, 15) is 4.79 Å². The summed E-state index contributed by atoms with van der Waals surface area (Å²) in [6.45, 7) is 9.40. The lowest BCUT2D eigenvalue weighted by molar-refractivity contribution is -0.150. The number of carbonyl (C=O) groups is 1. The number of nitrogens with zero attached hydrogens (tertiary/aromatic N) is 1. The van der Waals surface area contributed by atoms with Gasteiger partial charge in [0.2, 0.25) is 0 Å². The highest BCUT2D eigenvalue weighted by Crippen LogP contribution is 2.22. The Hall–Kier alpha value is -0.770. The van der Waals surface area contributed by atoms with Gasteiger partial charge in [-0.1, -0.05) is 129 Å². The van der Waals surface area contributed by atoms with Gasteiger partial charge in [-0.3, -0.25) is 4.79 Å². The fourth-order valence-corrected chi connectivity index (χ4v) is 5.80. The highest BCUT2D eigenvalue weighted by atomic mass is 16.6. The van der Waals surface area contributed by atoms with E-state index >= 15 is 0 Å². The molecule has 0 aromatic rings. The highest BCUT2D eigenvalue weighted by molar-refractivity contribution is 5.69. The molecule has 0 unspecified atom stereocenters. The predicted octanol–water partition coefficient (Wildman–Crippen LogP) is 8.53. The third-order valence-corrected chi connectivity index (χ3v) is 8.76. The van der Waals surface area contributed by atoms with E-state index in [1.54, 1.807) is 0 Å². The molecule has 0 N–H and O–H groups in total. The zero-order valence-electron chi connectivity index (χ0n) is 30.8. The zero-order chi connectivity index (χ0) is 33.3. The summed E-state index contributed by atoms with van der Waals surface area (Å²) in [7, 11) is 3.89. The van der Waals surface area contributed by atoms with Crippen LogP contribution in [0.3, 0.4) is 0 Å². The fourth-order valence-electron chi connectivity index (χ4n) is 5.80. The molecule has 1 fully saturated rings. The van der Waals surface area contributed by atoms with Crippen molar-refractivity contribution in [1.29, 1.82) is 0 Å². The molecule has 1 heterocycles. The number of rotatable bonds is 35. The lowest BCUT2D eigenvalue weighted by Crippen LogP contribution is -2.39. The standard InChI is InChI=1S/C38H75NO7/c1-5-7-9-11-13-15-17-19-21-23-27-41-29-31-43-35-33-45-36(34-46-37(40)25-26-39(3)4)38(35)44-32-30-42-28-24-22-20-18-16-14-12-10-8-6-2/h35-36,38H,5-34H2,1-4H3/t35-,36+,38+/m0/s1. The molecule has 1 saturated heterocycles. The molecule has 8 heteroatoms. The zero-order valence-corrected chi connectivity index (χ0v) is 30.8. The molecule has 1 aliphatic heterocycles. The van der Waals surface area contributed by atoms with Gasteiger partial charge in [-0.05, 0) is 26.9 Å². The van der Waals surface area contributed by atoms with Crippen molar-refractivity contribution in [1.82, 2.24) is 4.90 Å². The molecule has 0 radical (unpaired) electrons. The van der Waals surface area contributed by atoms with Crippen molar-refractivity contribution < 1.29 is 33.2 Å². The van der Waals surface area contributed by atoms with Crippen LogP contribution >= 0.6 is 0 Å². The maximum absolute atomic E-state index is 12.2. The molecule has 274 valence electrons. The third kappa shape index (κ3) is 26.2. The van der Waals surface area contributed by atoms with Crippen LogP contribution in [0.4, 0.5) is 0 Å². The van der Waals surface area contributed by atoms with Crippen molar-refractivity contribution in [3.05, 3.63) is 0 Å². The Morgan fingerprint density at radius 1 is 0.609 bits per heavy atom. The van der Waals surface area contributed by atoms with E-state index in [0.29, 0.717) is 46.0 Å². The quantitative estimate of drug-likeness (QED) is 0.0496. The SMILES string of the molecule is CCCCCCCCCCCCOCCO[C@@H]1[C@@H](OCCOCCCCCCCCCCCC)CO[C@@H]1COC(=O)CCN(C)C. The Balaban J connectivity index is 2.21. The largest absolute Gasteiger partial charge is 0.463 e. The first-order chi connectivity index (χ1) is 22.6. The van der Waals surface area contributed by atoms with Gasteiger partial charge in [0.05, 0.1) is 39.5 Å². The fraction of sp³-hybridized carbons (Fsp3) is 0.974. The first-order valence-electron chi connectivity index (χ1n) is 19.4. The van der Waals surface area contributed by atoms with Crippen molar-refractivity contribution in [2.45, 2.75) is 167 Å². The molecule has 1 rings (SSSR count). The van der Waals surface area contributed by atoms with Gasteiger partial charge in [-0.25, -0.2) is 0 Å². The van der Waals surface area contributed by atoms with E-state index in [0.717, 1.165) is 26.1 Å². The Morgan fingerprint density at radius 2 is 1.07 bits per heavy atom. The van der Waals surface area contributed by atoms with E-state index in [4.69, 9.17) is 28.4 Å². The lowest BCUT2D eigenvalue weighted by atomic mass is 10.1. The second kappa shape index (κ2) is 32.8. The van der Waals surface area contributed by atoms with Gasteiger partial charge >= 0.3 is 5.97 Å². The van der Waals surface area contributed by atoms with Crippen LogP contribution in [-0.2, 0) is 33.2 Å². The number of hydrogen-bond donors (Lipinski definition) is 0. The summed E-state index contributed by atoms with van der Waals surface area (Å²) < 4.78 is 35.5. The van der Waals surface area contributed by atoms with E-state index in [1.807, 2.05) is 19.0 Å². The first kappa shape index (κ1) is 43.3. The molecule has 0 aromatic heterocycles. The van der Waals surface area contributed by atoms with Crippen LogP contribution in [0, 0.1) is 0 Å². The highest BCUT2D eigenvalue weighted by Gasteiger charge is 2.39. The average Bonchev–Trinajstić information content (AvgIpc) is 3.44. The smallest absolute Gasteiger partial charge is 0.307 e. The number of hydrogen-bond acceptors (Lipinski definition) is 8. The van der Waals surface area contributed by atoms with Crippen molar-refractivity contribution in [3.63, 3.8) is 0 Å². The van der Waals surface area contributed by atoms with Crippen LogP contribution in [0.5, 0.6) is 0 Å². The van der Waals surface area contributed by atoms with Gasteiger partial charge in [-0.2, -0.15) is 0 Å². The van der Waals surface area contributed by atoms with Crippen LogP contribution in [0.25, 0.3) is 0 Å². The molecular weight excluding hydrogens is 582 g/mol. The molecular formula is C38H75NO7. The molecule has 46 heavy (non-hydrogen) atoms. The number of unbranched alkanes of at least 4 members (excludes halogenated alkanes) is 18. The lowest BCUT2D eigenvalue weighted by Gasteiger charge is -2.23. The van der Waals surface area contributed by atoms with E-state index in [-0.39, 0.29) is 30.9 Å². The predicted molar refractivity (Wildman–Crippen MR) is 189 cm³/mol. The maximum atomic E-state index is 12.2. The van der Waals surface area contributed by atoms with Gasteiger partial charge in [-0.15, -0.1) is 0 Å². The minimum absolute atomic E-state index is 0.172. The summed E-state index contributed by atoms with van der Waals surface area (Å²) in [6, 6.07) is 0. The van der Waals surface area contributed by atoms with Crippen LogP contribution in [0.2, 0.25) is 0 Å². The Bertz CT molecular complexity index is 651. The van der Waals surface area contributed by atoms with E-state index in [2.05, 4.69) is 13.8 Å².